The molecule has 1 atom stereocenters. The number of nitrogens with zero attached hydrogens (tertiary/aromatic N) is 2. The third-order valence-corrected chi connectivity index (χ3v) is 6.94. The molecule has 8 heteroatoms. The van der Waals surface area contributed by atoms with Gasteiger partial charge in [-0.1, -0.05) is 41.3 Å². The second kappa shape index (κ2) is 7.83. The lowest BCUT2D eigenvalue weighted by atomic mass is 9.88. The number of hydrogen-bond acceptors (Lipinski definition) is 5. The smallest absolute Gasteiger partial charge is 0.262 e. The van der Waals surface area contributed by atoms with Gasteiger partial charge in [0.1, 0.15) is 28.1 Å². The number of aryl methyl sites for hydroxylation is 1. The van der Waals surface area contributed by atoms with Gasteiger partial charge in [-0.25, -0.2) is 0 Å². The van der Waals surface area contributed by atoms with E-state index in [0.717, 1.165) is 24.8 Å². The molecule has 0 saturated carbocycles. The molecule has 1 unspecified atom stereocenters. The van der Waals surface area contributed by atoms with Gasteiger partial charge in [0.05, 0.1) is 15.6 Å². The Labute approximate surface area is 182 Å². The summed E-state index contributed by atoms with van der Waals surface area (Å²) in [6.07, 6.45) is 2.83. The number of hydrogen-bond donors (Lipinski definition) is 1. The second-order valence-electron chi connectivity index (χ2n) is 7.18. The monoisotopic (exact) mass is 445 g/mol. The molecule has 2 aromatic heterocycles. The van der Waals surface area contributed by atoms with Gasteiger partial charge in [0.2, 0.25) is 0 Å². The Morgan fingerprint density at radius 1 is 1.38 bits per heavy atom. The number of carbonyl (C=O) groups excluding carboxylic acids is 1. The molecule has 5 nitrogen and oxygen atoms in total. The van der Waals surface area contributed by atoms with E-state index in [9.17, 15) is 10.1 Å². The maximum Gasteiger partial charge on any atom is 0.262 e. The van der Waals surface area contributed by atoms with E-state index in [4.69, 9.17) is 27.7 Å². The Hall–Kier alpha value is -2.33. The van der Waals surface area contributed by atoms with Crippen LogP contribution in [0.15, 0.2) is 22.7 Å². The number of thiophene rings is 1. The lowest BCUT2D eigenvalue weighted by Crippen LogP contribution is -2.14. The fourth-order valence-electron chi connectivity index (χ4n) is 3.66. The maximum atomic E-state index is 13.2. The standard InChI is InChI=1S/C21H17Cl2N3O2S/c1-10-6-7-12-13(9-24)21(29-16(12)8-10)25-20(27)17-11(2)28-26-19(17)18-14(22)4-3-5-15(18)23/h3-5,10H,6-8H2,1-2H3,(H,25,27). The minimum absolute atomic E-state index is 0.253. The molecule has 1 aromatic carbocycles. The molecule has 3 aromatic rings. The number of amides is 1. The molecule has 4 rings (SSSR count). The predicted octanol–water partition coefficient (Wildman–Crippen LogP) is 6.27. The van der Waals surface area contributed by atoms with E-state index in [1.165, 1.54) is 16.2 Å². The van der Waals surface area contributed by atoms with Crippen molar-refractivity contribution in [2.24, 2.45) is 5.92 Å². The summed E-state index contributed by atoms with van der Waals surface area (Å²) in [6, 6.07) is 7.34. The van der Waals surface area contributed by atoms with Crippen molar-refractivity contribution in [3.8, 4) is 17.3 Å². The van der Waals surface area contributed by atoms with Gasteiger partial charge in [0, 0.05) is 10.4 Å². The molecule has 0 spiro atoms. The number of benzene rings is 1. The summed E-state index contributed by atoms with van der Waals surface area (Å²) in [5.74, 6) is 0.519. The van der Waals surface area contributed by atoms with Crippen LogP contribution in [0.25, 0.3) is 11.3 Å². The summed E-state index contributed by atoms with van der Waals surface area (Å²) in [6.45, 7) is 3.86. The summed E-state index contributed by atoms with van der Waals surface area (Å²) in [7, 11) is 0. The van der Waals surface area contributed by atoms with Gasteiger partial charge in [-0.05, 0) is 49.8 Å². The number of nitriles is 1. The first-order chi connectivity index (χ1) is 13.9. The van der Waals surface area contributed by atoms with Crippen molar-refractivity contribution in [2.45, 2.75) is 33.1 Å². The molecule has 1 N–H and O–H groups in total. The summed E-state index contributed by atoms with van der Waals surface area (Å²) in [5, 5.41) is 17.9. The third kappa shape index (κ3) is 3.55. The predicted molar refractivity (Wildman–Crippen MR) is 115 cm³/mol. The van der Waals surface area contributed by atoms with Gasteiger partial charge >= 0.3 is 0 Å². The van der Waals surface area contributed by atoms with Crippen molar-refractivity contribution in [1.29, 1.82) is 5.26 Å². The van der Waals surface area contributed by atoms with Crippen molar-refractivity contribution >= 4 is 45.4 Å². The molecule has 148 valence electrons. The zero-order valence-electron chi connectivity index (χ0n) is 15.8. The zero-order valence-corrected chi connectivity index (χ0v) is 18.1. The van der Waals surface area contributed by atoms with E-state index in [1.807, 2.05) is 0 Å². The first-order valence-electron chi connectivity index (χ1n) is 9.17. The van der Waals surface area contributed by atoms with Crippen molar-refractivity contribution in [3.63, 3.8) is 0 Å². The Morgan fingerprint density at radius 3 is 2.79 bits per heavy atom. The summed E-state index contributed by atoms with van der Waals surface area (Å²) in [4.78, 5) is 14.3. The fourth-order valence-corrected chi connectivity index (χ4v) is 5.59. The van der Waals surface area contributed by atoms with Gasteiger partial charge in [-0.2, -0.15) is 5.26 Å². The topological polar surface area (TPSA) is 78.9 Å². The zero-order chi connectivity index (χ0) is 20.7. The molecule has 0 bridgehead atoms. The molecule has 1 amide bonds. The molecular formula is C21H17Cl2N3O2S. The first kappa shape index (κ1) is 20.0. The summed E-state index contributed by atoms with van der Waals surface area (Å²) in [5.41, 5.74) is 2.59. The van der Waals surface area contributed by atoms with E-state index in [-0.39, 0.29) is 11.3 Å². The molecule has 1 aliphatic rings. The average Bonchev–Trinajstić information content (AvgIpc) is 3.21. The van der Waals surface area contributed by atoms with Crippen LogP contribution in [0.5, 0.6) is 0 Å². The van der Waals surface area contributed by atoms with Crippen molar-refractivity contribution in [1.82, 2.24) is 5.16 Å². The summed E-state index contributed by atoms with van der Waals surface area (Å²) >= 11 is 14.1. The lowest BCUT2D eigenvalue weighted by molar-refractivity contribution is 0.102. The van der Waals surface area contributed by atoms with Crippen LogP contribution in [0.2, 0.25) is 10.0 Å². The normalized spacial score (nSPS) is 15.6. The minimum Gasteiger partial charge on any atom is -0.360 e. The van der Waals surface area contributed by atoms with E-state index in [1.54, 1.807) is 25.1 Å². The number of aromatic nitrogens is 1. The molecular weight excluding hydrogens is 429 g/mol. The largest absolute Gasteiger partial charge is 0.360 e. The number of halogens is 2. The van der Waals surface area contributed by atoms with Gasteiger partial charge in [0.15, 0.2) is 0 Å². The number of anilines is 1. The molecule has 2 heterocycles. The maximum absolute atomic E-state index is 13.2. The molecule has 0 saturated heterocycles. The van der Waals surface area contributed by atoms with E-state index < -0.39 is 5.91 Å². The highest BCUT2D eigenvalue weighted by molar-refractivity contribution is 7.16. The van der Waals surface area contributed by atoms with Gasteiger partial charge in [-0.3, -0.25) is 4.79 Å². The van der Waals surface area contributed by atoms with E-state index >= 15 is 0 Å². The van der Waals surface area contributed by atoms with Gasteiger partial charge in [-0.15, -0.1) is 11.3 Å². The first-order valence-corrected chi connectivity index (χ1v) is 10.7. The third-order valence-electron chi connectivity index (χ3n) is 5.14. The molecule has 1 aliphatic carbocycles. The minimum atomic E-state index is -0.405. The molecule has 0 aliphatic heterocycles. The Bertz CT molecular complexity index is 1140. The van der Waals surface area contributed by atoms with Crippen LogP contribution in [0.3, 0.4) is 0 Å². The van der Waals surface area contributed by atoms with E-state index in [2.05, 4.69) is 23.5 Å². The number of fused-ring (bicyclic) bond motifs is 1. The highest BCUT2D eigenvalue weighted by Crippen LogP contribution is 2.41. The molecule has 0 radical (unpaired) electrons. The van der Waals surface area contributed by atoms with Gasteiger partial charge < -0.3 is 9.84 Å². The Balaban J connectivity index is 1.73. The fraction of sp³-hybridized carbons (Fsp3) is 0.286. The van der Waals surface area contributed by atoms with Crippen LogP contribution in [-0.2, 0) is 12.8 Å². The van der Waals surface area contributed by atoms with Crippen LogP contribution in [0, 0.1) is 24.2 Å². The molecule has 29 heavy (non-hydrogen) atoms. The Kier molecular flexibility index (Phi) is 5.39. The van der Waals surface area contributed by atoms with E-state index in [0.29, 0.717) is 37.9 Å². The highest BCUT2D eigenvalue weighted by Gasteiger charge is 2.28. The SMILES string of the molecule is Cc1onc(-c2c(Cl)cccc2Cl)c1C(=O)Nc1sc2c(c1C#N)CCC(C)C2. The lowest BCUT2D eigenvalue weighted by Gasteiger charge is -2.17. The summed E-state index contributed by atoms with van der Waals surface area (Å²) < 4.78 is 5.28. The van der Waals surface area contributed by atoms with Crippen LogP contribution in [-0.4, -0.2) is 11.1 Å². The quantitative estimate of drug-likeness (QED) is 0.515. The highest BCUT2D eigenvalue weighted by atomic mass is 35.5. The number of rotatable bonds is 3. The average molecular weight is 446 g/mol. The van der Waals surface area contributed by atoms with Crippen molar-refractivity contribution in [3.05, 3.63) is 55.6 Å². The van der Waals surface area contributed by atoms with Crippen LogP contribution >= 0.6 is 34.5 Å². The number of carbonyl (C=O) groups is 1. The second-order valence-corrected chi connectivity index (χ2v) is 9.10. The van der Waals surface area contributed by atoms with Crippen molar-refractivity contribution in [2.75, 3.05) is 5.32 Å². The molecule has 0 fully saturated rings. The Morgan fingerprint density at radius 2 is 2.10 bits per heavy atom. The van der Waals surface area contributed by atoms with Crippen LogP contribution in [0.1, 0.15) is 45.5 Å². The van der Waals surface area contributed by atoms with Gasteiger partial charge in [0.25, 0.3) is 5.91 Å². The van der Waals surface area contributed by atoms with Crippen LogP contribution in [0.4, 0.5) is 5.00 Å². The number of nitrogens with one attached hydrogen (secondary N) is 1. The van der Waals surface area contributed by atoms with Crippen LogP contribution < -0.4 is 5.32 Å². The van der Waals surface area contributed by atoms with Crippen molar-refractivity contribution < 1.29 is 9.32 Å².